The second-order valence-corrected chi connectivity index (χ2v) is 7.79. The average Bonchev–Trinajstić information content (AvgIpc) is 2.97. The summed E-state index contributed by atoms with van der Waals surface area (Å²) in [6, 6.07) is 7.86. The van der Waals surface area contributed by atoms with Gasteiger partial charge >= 0.3 is 0 Å². The van der Waals surface area contributed by atoms with Gasteiger partial charge in [0.1, 0.15) is 12.6 Å². The number of nitrogens with one attached hydrogen (secondary N) is 1. The lowest BCUT2D eigenvalue weighted by atomic mass is 9.82. The summed E-state index contributed by atoms with van der Waals surface area (Å²) in [5, 5.41) is 1.16. The molecule has 0 saturated carbocycles. The van der Waals surface area contributed by atoms with E-state index in [4.69, 9.17) is 0 Å². The lowest BCUT2D eigenvalue weighted by molar-refractivity contribution is -0.165. The molecular formula is C20H25N3O2. The number of carbonyl (C=O) groups is 2. The average molecular weight is 339 g/mol. The molecule has 132 valence electrons. The predicted octanol–water partition coefficient (Wildman–Crippen LogP) is 2.80. The highest BCUT2D eigenvalue weighted by molar-refractivity contribution is 5.97. The van der Waals surface area contributed by atoms with Crippen LogP contribution in [0.15, 0.2) is 24.3 Å². The number of hydrogen-bond donors (Lipinski definition) is 1. The summed E-state index contributed by atoms with van der Waals surface area (Å²) >= 11 is 0. The van der Waals surface area contributed by atoms with Crippen molar-refractivity contribution in [3.05, 3.63) is 35.5 Å². The minimum absolute atomic E-state index is 0.0409. The van der Waals surface area contributed by atoms with Crippen molar-refractivity contribution in [2.45, 2.75) is 58.2 Å². The highest BCUT2D eigenvalue weighted by Gasteiger charge is 2.51. The molecule has 2 amide bonds. The Hall–Kier alpha value is -2.30. The van der Waals surface area contributed by atoms with E-state index in [1.165, 1.54) is 5.56 Å². The van der Waals surface area contributed by atoms with Crippen LogP contribution in [-0.2, 0) is 21.5 Å². The van der Waals surface area contributed by atoms with E-state index in [1.807, 2.05) is 37.8 Å². The van der Waals surface area contributed by atoms with E-state index in [-0.39, 0.29) is 24.4 Å². The zero-order valence-electron chi connectivity index (χ0n) is 15.3. The van der Waals surface area contributed by atoms with Gasteiger partial charge in [-0.15, -0.1) is 0 Å². The van der Waals surface area contributed by atoms with E-state index in [1.54, 1.807) is 4.90 Å². The van der Waals surface area contributed by atoms with E-state index < -0.39 is 11.6 Å². The van der Waals surface area contributed by atoms with Crippen molar-refractivity contribution in [1.82, 2.24) is 14.8 Å². The molecular weight excluding hydrogens is 314 g/mol. The molecule has 2 aliphatic heterocycles. The van der Waals surface area contributed by atoms with Gasteiger partial charge in [-0.2, -0.15) is 0 Å². The molecule has 0 radical (unpaired) electrons. The summed E-state index contributed by atoms with van der Waals surface area (Å²) < 4.78 is 0. The highest BCUT2D eigenvalue weighted by Crippen LogP contribution is 2.42. The Morgan fingerprint density at radius 1 is 1.28 bits per heavy atom. The largest absolute Gasteiger partial charge is 0.356 e. The molecule has 3 heterocycles. The maximum absolute atomic E-state index is 13.2. The van der Waals surface area contributed by atoms with Crippen LogP contribution in [-0.4, -0.2) is 45.2 Å². The number of para-hydroxylation sites is 1. The van der Waals surface area contributed by atoms with E-state index >= 15 is 0 Å². The molecule has 0 aliphatic carbocycles. The van der Waals surface area contributed by atoms with Crippen molar-refractivity contribution in [2.75, 3.05) is 6.54 Å². The Morgan fingerprint density at radius 2 is 2.00 bits per heavy atom. The molecule has 2 atom stereocenters. The van der Waals surface area contributed by atoms with Crippen LogP contribution in [0.3, 0.4) is 0 Å². The Kier molecular flexibility index (Phi) is 3.46. The maximum Gasteiger partial charge on any atom is 0.246 e. The third-order valence-corrected chi connectivity index (χ3v) is 6.00. The summed E-state index contributed by atoms with van der Waals surface area (Å²) in [6.45, 7) is 8.33. The van der Waals surface area contributed by atoms with Gasteiger partial charge in [0.2, 0.25) is 11.8 Å². The van der Waals surface area contributed by atoms with E-state index in [0.29, 0.717) is 6.42 Å². The third kappa shape index (κ3) is 2.14. The summed E-state index contributed by atoms with van der Waals surface area (Å²) in [5.74, 6) is 0.122. The van der Waals surface area contributed by atoms with Gasteiger partial charge in [-0.1, -0.05) is 25.1 Å². The molecule has 25 heavy (non-hydrogen) atoms. The third-order valence-electron chi connectivity index (χ3n) is 6.00. The van der Waals surface area contributed by atoms with Gasteiger partial charge in [0.15, 0.2) is 0 Å². The summed E-state index contributed by atoms with van der Waals surface area (Å²) in [6.07, 6.45) is 1.44. The molecule has 5 heteroatoms. The minimum Gasteiger partial charge on any atom is -0.356 e. The Bertz CT molecular complexity index is 867. The van der Waals surface area contributed by atoms with Gasteiger partial charge in [0.25, 0.3) is 0 Å². The molecule has 0 spiro atoms. The predicted molar refractivity (Wildman–Crippen MR) is 97.1 cm³/mol. The normalized spacial score (nSPS) is 23.6. The van der Waals surface area contributed by atoms with Crippen molar-refractivity contribution in [3.63, 3.8) is 0 Å². The van der Waals surface area contributed by atoms with Gasteiger partial charge < -0.3 is 14.8 Å². The number of H-pyrrole nitrogens is 1. The number of piperazine rings is 1. The molecule has 1 aromatic carbocycles. The number of aromatic amines is 1. The molecule has 0 bridgehead atoms. The van der Waals surface area contributed by atoms with Crippen LogP contribution in [0.25, 0.3) is 10.9 Å². The lowest BCUT2D eigenvalue weighted by Crippen LogP contribution is -2.68. The van der Waals surface area contributed by atoms with E-state index in [2.05, 4.69) is 24.0 Å². The fourth-order valence-corrected chi connectivity index (χ4v) is 4.50. The zero-order chi connectivity index (χ0) is 17.9. The van der Waals surface area contributed by atoms with Crippen molar-refractivity contribution >= 4 is 22.7 Å². The second-order valence-electron chi connectivity index (χ2n) is 7.79. The summed E-state index contributed by atoms with van der Waals surface area (Å²) in [7, 11) is 0. The van der Waals surface area contributed by atoms with Gasteiger partial charge in [-0.3, -0.25) is 9.59 Å². The number of benzene rings is 1. The highest BCUT2D eigenvalue weighted by atomic mass is 16.2. The van der Waals surface area contributed by atoms with Gasteiger partial charge in [-0.25, -0.2) is 0 Å². The molecule has 2 aromatic rings. The van der Waals surface area contributed by atoms with Crippen molar-refractivity contribution in [1.29, 1.82) is 0 Å². The van der Waals surface area contributed by atoms with E-state index in [9.17, 15) is 9.59 Å². The SMILES string of the molecule is CC[C@@H](C)N1CC(=O)N2[C@@H](Cc3c([nH]c4ccccc34)C2(C)C)C1=O. The van der Waals surface area contributed by atoms with Crippen molar-refractivity contribution in [3.8, 4) is 0 Å². The lowest BCUT2D eigenvalue weighted by Gasteiger charge is -2.52. The van der Waals surface area contributed by atoms with Crippen LogP contribution in [0, 0.1) is 0 Å². The molecule has 1 saturated heterocycles. The molecule has 1 fully saturated rings. The van der Waals surface area contributed by atoms with Crippen LogP contribution < -0.4 is 0 Å². The fraction of sp³-hybridized carbons (Fsp3) is 0.500. The molecule has 4 rings (SSSR count). The molecule has 2 aliphatic rings. The maximum atomic E-state index is 13.2. The zero-order valence-corrected chi connectivity index (χ0v) is 15.3. The number of nitrogens with zero attached hydrogens (tertiary/aromatic N) is 2. The van der Waals surface area contributed by atoms with Crippen LogP contribution in [0.5, 0.6) is 0 Å². The number of hydrogen-bond acceptors (Lipinski definition) is 2. The quantitative estimate of drug-likeness (QED) is 0.915. The monoisotopic (exact) mass is 339 g/mol. The first kappa shape index (κ1) is 16.2. The van der Waals surface area contributed by atoms with Gasteiger partial charge in [0, 0.05) is 29.1 Å². The molecule has 5 nitrogen and oxygen atoms in total. The van der Waals surface area contributed by atoms with Crippen molar-refractivity contribution in [2.24, 2.45) is 0 Å². The van der Waals surface area contributed by atoms with Gasteiger partial charge in [-0.05, 0) is 38.8 Å². The number of rotatable bonds is 2. The van der Waals surface area contributed by atoms with Crippen LogP contribution >= 0.6 is 0 Å². The number of amides is 2. The minimum atomic E-state index is -0.522. The molecule has 1 N–H and O–H groups in total. The number of fused-ring (bicyclic) bond motifs is 4. The Labute approximate surface area is 148 Å². The Morgan fingerprint density at radius 3 is 2.72 bits per heavy atom. The summed E-state index contributed by atoms with van der Waals surface area (Å²) in [4.78, 5) is 33.2. The smallest absolute Gasteiger partial charge is 0.246 e. The number of aromatic nitrogens is 1. The molecule has 0 unspecified atom stereocenters. The second kappa shape index (κ2) is 5.35. The van der Waals surface area contributed by atoms with Crippen molar-refractivity contribution < 1.29 is 9.59 Å². The van der Waals surface area contributed by atoms with Gasteiger partial charge in [0.05, 0.1) is 5.54 Å². The molecule has 1 aromatic heterocycles. The standard InChI is InChI=1S/C20H25N3O2/c1-5-12(2)22-11-17(24)23-16(19(22)25)10-14-13-8-6-7-9-15(13)21-18(14)20(23,3)4/h6-9,12,16,21H,5,10-11H2,1-4H3/t12-,16+/m1/s1. The van der Waals surface area contributed by atoms with Crippen LogP contribution in [0.4, 0.5) is 0 Å². The topological polar surface area (TPSA) is 56.4 Å². The Balaban J connectivity index is 1.86. The van der Waals surface area contributed by atoms with Crippen LogP contribution in [0.2, 0.25) is 0 Å². The summed E-state index contributed by atoms with van der Waals surface area (Å²) in [5.41, 5.74) is 2.78. The van der Waals surface area contributed by atoms with Crippen LogP contribution in [0.1, 0.15) is 45.4 Å². The first-order valence-electron chi connectivity index (χ1n) is 9.09. The number of carbonyl (C=O) groups excluding carboxylic acids is 2. The fourth-order valence-electron chi connectivity index (χ4n) is 4.50. The van der Waals surface area contributed by atoms with E-state index in [0.717, 1.165) is 23.0 Å². The first-order valence-corrected chi connectivity index (χ1v) is 9.09. The first-order chi connectivity index (χ1) is 11.9.